The largest absolute Gasteiger partial charge is 0.192 e. The number of hydrogen-bond acceptors (Lipinski definition) is 1. The van der Waals surface area contributed by atoms with Crippen LogP contribution in [0.1, 0.15) is 28.1 Å². The molecule has 0 bridgehead atoms. The molecule has 1 nitrogen and oxygen atoms in total. The van der Waals surface area contributed by atoms with Crippen LogP contribution in [0, 0.1) is 18.3 Å². The van der Waals surface area contributed by atoms with Crippen molar-refractivity contribution in [3.8, 4) is 6.07 Å². The van der Waals surface area contributed by atoms with E-state index in [2.05, 4.69) is 25.1 Å². The highest BCUT2D eigenvalue weighted by atomic mass is 14.2. The van der Waals surface area contributed by atoms with Gasteiger partial charge in [0.2, 0.25) is 0 Å². The first kappa shape index (κ1) is 11.5. The van der Waals surface area contributed by atoms with E-state index in [9.17, 15) is 0 Å². The third-order valence-corrected chi connectivity index (χ3v) is 2.84. The van der Waals surface area contributed by atoms with Crippen LogP contribution in [0.2, 0.25) is 0 Å². The number of aryl methyl sites for hydroxylation is 1. The molecule has 0 amide bonds. The van der Waals surface area contributed by atoms with Crippen LogP contribution in [0.15, 0.2) is 48.5 Å². The molecule has 0 saturated heterocycles. The van der Waals surface area contributed by atoms with E-state index in [1.165, 1.54) is 5.56 Å². The third kappa shape index (κ3) is 2.57. The summed E-state index contributed by atoms with van der Waals surface area (Å²) in [6.45, 7) is 2.05. The first-order valence-electron chi connectivity index (χ1n) is 5.53. The standard InChI is InChI=1S/C15H12BN/c1-11-2-6-13(7-3-11)15(16)14-8-4-12(10-17)5-9-14/h2-9,15H,1H3. The van der Waals surface area contributed by atoms with Gasteiger partial charge in [-0.3, -0.25) is 0 Å². The van der Waals surface area contributed by atoms with Crippen LogP contribution in [-0.2, 0) is 0 Å². The Morgan fingerprint density at radius 1 is 0.941 bits per heavy atom. The lowest BCUT2D eigenvalue weighted by Gasteiger charge is -2.13. The van der Waals surface area contributed by atoms with Crippen molar-refractivity contribution < 1.29 is 0 Å². The topological polar surface area (TPSA) is 23.8 Å². The first-order chi connectivity index (χ1) is 8.20. The lowest BCUT2D eigenvalue weighted by atomic mass is 9.75. The smallest absolute Gasteiger partial charge is 0.0991 e. The maximum atomic E-state index is 8.73. The maximum Gasteiger partial charge on any atom is 0.0991 e. The molecule has 2 aromatic rings. The summed E-state index contributed by atoms with van der Waals surface area (Å²) in [5.41, 5.74) is 3.98. The Morgan fingerprint density at radius 2 is 1.41 bits per heavy atom. The number of rotatable bonds is 2. The van der Waals surface area contributed by atoms with E-state index in [1.54, 1.807) is 12.1 Å². The van der Waals surface area contributed by atoms with Crippen molar-refractivity contribution in [2.75, 3.05) is 0 Å². The summed E-state index contributed by atoms with van der Waals surface area (Å²) in [4.78, 5) is 0. The fourth-order valence-corrected chi connectivity index (χ4v) is 1.73. The van der Waals surface area contributed by atoms with E-state index in [4.69, 9.17) is 13.1 Å². The van der Waals surface area contributed by atoms with Crippen LogP contribution in [0.4, 0.5) is 0 Å². The highest BCUT2D eigenvalue weighted by Gasteiger charge is 2.07. The molecule has 2 radical (unpaired) electrons. The van der Waals surface area contributed by atoms with Gasteiger partial charge in [-0.2, -0.15) is 5.26 Å². The molecule has 0 fully saturated rings. The molecule has 0 heterocycles. The molecule has 1 unspecified atom stereocenters. The Kier molecular flexibility index (Phi) is 3.30. The molecule has 0 spiro atoms. The Bertz CT molecular complexity index is 535. The lowest BCUT2D eigenvalue weighted by Crippen LogP contribution is -2.00. The molecule has 0 aliphatic heterocycles. The minimum Gasteiger partial charge on any atom is -0.192 e. The predicted molar refractivity (Wildman–Crippen MR) is 69.9 cm³/mol. The highest BCUT2D eigenvalue weighted by Crippen LogP contribution is 2.21. The fraction of sp³-hybridized carbons (Fsp3) is 0.133. The summed E-state index contributed by atoms with van der Waals surface area (Å²) in [6, 6.07) is 17.7. The summed E-state index contributed by atoms with van der Waals surface area (Å²) in [5, 5.41) is 8.73. The van der Waals surface area contributed by atoms with Gasteiger partial charge in [-0.05, 0) is 36.0 Å². The van der Waals surface area contributed by atoms with Gasteiger partial charge in [0.15, 0.2) is 0 Å². The summed E-state index contributed by atoms with van der Waals surface area (Å²) in [5.74, 6) is -0.136. The van der Waals surface area contributed by atoms with Gasteiger partial charge in [-0.25, -0.2) is 0 Å². The maximum absolute atomic E-state index is 8.73. The van der Waals surface area contributed by atoms with Crippen LogP contribution in [0.25, 0.3) is 0 Å². The van der Waals surface area contributed by atoms with Gasteiger partial charge in [0.05, 0.1) is 19.5 Å². The molecule has 80 valence electrons. The van der Waals surface area contributed by atoms with Crippen molar-refractivity contribution in [2.24, 2.45) is 0 Å². The van der Waals surface area contributed by atoms with Gasteiger partial charge >= 0.3 is 0 Å². The van der Waals surface area contributed by atoms with Crippen LogP contribution >= 0.6 is 0 Å². The first-order valence-corrected chi connectivity index (χ1v) is 5.53. The number of hydrogen-bond donors (Lipinski definition) is 0. The van der Waals surface area contributed by atoms with Crippen molar-refractivity contribution >= 4 is 7.85 Å². The molecule has 2 heteroatoms. The highest BCUT2D eigenvalue weighted by molar-refractivity contribution is 6.14. The van der Waals surface area contributed by atoms with Crippen molar-refractivity contribution in [1.82, 2.24) is 0 Å². The summed E-state index contributed by atoms with van der Waals surface area (Å²) >= 11 is 0. The molecule has 0 N–H and O–H groups in total. The zero-order valence-electron chi connectivity index (χ0n) is 9.72. The van der Waals surface area contributed by atoms with Crippen molar-refractivity contribution in [3.05, 3.63) is 70.8 Å². The average molecular weight is 217 g/mol. The monoisotopic (exact) mass is 217 g/mol. The second-order valence-corrected chi connectivity index (χ2v) is 4.12. The van der Waals surface area contributed by atoms with E-state index in [0.29, 0.717) is 5.56 Å². The zero-order chi connectivity index (χ0) is 12.3. The van der Waals surface area contributed by atoms with Crippen LogP contribution in [0.5, 0.6) is 0 Å². The predicted octanol–water partition coefficient (Wildman–Crippen LogP) is 3.12. The minimum atomic E-state index is -0.136. The van der Waals surface area contributed by atoms with E-state index in [-0.39, 0.29) is 5.82 Å². The van der Waals surface area contributed by atoms with Crippen molar-refractivity contribution in [3.63, 3.8) is 0 Å². The number of nitrogens with zero attached hydrogens (tertiary/aromatic N) is 1. The number of benzene rings is 2. The van der Waals surface area contributed by atoms with E-state index < -0.39 is 0 Å². The summed E-state index contributed by atoms with van der Waals surface area (Å²) in [7, 11) is 6.17. The average Bonchev–Trinajstić information content (AvgIpc) is 2.39. The normalized spacial score (nSPS) is 11.8. The van der Waals surface area contributed by atoms with Crippen molar-refractivity contribution in [1.29, 1.82) is 5.26 Å². The molecule has 0 aliphatic carbocycles. The molecule has 0 saturated carbocycles. The van der Waals surface area contributed by atoms with Gasteiger partial charge in [0, 0.05) is 0 Å². The summed E-state index contributed by atoms with van der Waals surface area (Å²) < 4.78 is 0. The molecule has 2 rings (SSSR count). The second kappa shape index (κ2) is 4.89. The molecule has 0 aromatic heterocycles. The third-order valence-electron chi connectivity index (χ3n) is 2.84. The molecular formula is C15H12BN. The Balaban J connectivity index is 2.27. The van der Waals surface area contributed by atoms with E-state index in [1.807, 2.05) is 24.3 Å². The fourth-order valence-electron chi connectivity index (χ4n) is 1.73. The van der Waals surface area contributed by atoms with Crippen LogP contribution < -0.4 is 0 Å². The molecule has 2 aromatic carbocycles. The minimum absolute atomic E-state index is 0.136. The quantitative estimate of drug-likeness (QED) is 0.709. The molecule has 0 aliphatic rings. The Labute approximate surface area is 103 Å². The van der Waals surface area contributed by atoms with Gasteiger partial charge in [0.25, 0.3) is 0 Å². The summed E-state index contributed by atoms with van der Waals surface area (Å²) in [6.07, 6.45) is 0. The Morgan fingerprint density at radius 3 is 1.88 bits per heavy atom. The SMILES string of the molecule is [B]C(c1ccc(C)cc1)c1ccc(C#N)cc1. The second-order valence-electron chi connectivity index (χ2n) is 4.12. The van der Waals surface area contributed by atoms with E-state index >= 15 is 0 Å². The Hall–Kier alpha value is -2.01. The van der Waals surface area contributed by atoms with Crippen LogP contribution in [0.3, 0.4) is 0 Å². The van der Waals surface area contributed by atoms with Gasteiger partial charge in [0.1, 0.15) is 0 Å². The molecule has 17 heavy (non-hydrogen) atoms. The van der Waals surface area contributed by atoms with Gasteiger partial charge in [-0.15, -0.1) is 0 Å². The van der Waals surface area contributed by atoms with Crippen molar-refractivity contribution in [2.45, 2.75) is 12.7 Å². The number of nitriles is 1. The molecular weight excluding hydrogens is 205 g/mol. The zero-order valence-corrected chi connectivity index (χ0v) is 9.72. The lowest BCUT2D eigenvalue weighted by molar-refractivity contribution is 1.13. The van der Waals surface area contributed by atoms with Gasteiger partial charge in [-0.1, -0.05) is 42.0 Å². The van der Waals surface area contributed by atoms with Gasteiger partial charge < -0.3 is 0 Å². The molecule has 1 atom stereocenters. The van der Waals surface area contributed by atoms with Crippen LogP contribution in [-0.4, -0.2) is 7.85 Å². The van der Waals surface area contributed by atoms with E-state index in [0.717, 1.165) is 11.1 Å².